The van der Waals surface area contributed by atoms with Crippen molar-refractivity contribution in [1.82, 2.24) is 14.7 Å². The molecule has 2 aliphatic heterocycles. The summed E-state index contributed by atoms with van der Waals surface area (Å²) in [4.78, 5) is 19.1. The summed E-state index contributed by atoms with van der Waals surface area (Å²) in [6.07, 6.45) is 4.71. The summed E-state index contributed by atoms with van der Waals surface area (Å²) in [5, 5.41) is 9.00. The standard InChI is InChI=1S/C21H33N3O2/c1-22(14-15-25)16-20(26)24-13-10-21(18-24)9-5-11-23(17-21)12-8-19-6-3-2-4-7-19/h2-4,6-7,25H,5,8-18H2,1H3/t21-/m0/s1. The molecule has 5 nitrogen and oxygen atoms in total. The Bertz CT molecular complexity index is 580. The highest BCUT2D eigenvalue weighted by atomic mass is 16.3. The van der Waals surface area contributed by atoms with Crippen LogP contribution in [0.5, 0.6) is 0 Å². The molecule has 2 saturated heterocycles. The van der Waals surface area contributed by atoms with Crippen molar-refractivity contribution in [3.05, 3.63) is 35.9 Å². The fourth-order valence-electron chi connectivity index (χ4n) is 4.49. The summed E-state index contributed by atoms with van der Waals surface area (Å²) in [6, 6.07) is 10.7. The van der Waals surface area contributed by atoms with E-state index in [1.54, 1.807) is 0 Å². The number of nitrogens with zero attached hydrogens (tertiary/aromatic N) is 3. The minimum Gasteiger partial charge on any atom is -0.395 e. The van der Waals surface area contributed by atoms with Gasteiger partial charge in [0.15, 0.2) is 0 Å². The van der Waals surface area contributed by atoms with E-state index in [2.05, 4.69) is 40.1 Å². The highest BCUT2D eigenvalue weighted by Crippen LogP contribution is 2.39. The lowest BCUT2D eigenvalue weighted by Crippen LogP contribution is -2.46. The van der Waals surface area contributed by atoms with Crippen LogP contribution in [0.1, 0.15) is 24.8 Å². The van der Waals surface area contributed by atoms with Crippen molar-refractivity contribution in [3.8, 4) is 0 Å². The van der Waals surface area contributed by atoms with Crippen LogP contribution in [0.3, 0.4) is 0 Å². The lowest BCUT2D eigenvalue weighted by atomic mass is 9.79. The van der Waals surface area contributed by atoms with Crippen LogP contribution in [0.25, 0.3) is 0 Å². The lowest BCUT2D eigenvalue weighted by Gasteiger charge is -2.40. The number of piperidine rings is 1. The third kappa shape index (κ3) is 5.06. The van der Waals surface area contributed by atoms with E-state index < -0.39 is 0 Å². The number of benzene rings is 1. The van der Waals surface area contributed by atoms with Gasteiger partial charge in [-0.15, -0.1) is 0 Å². The van der Waals surface area contributed by atoms with Crippen LogP contribution in [0.4, 0.5) is 0 Å². The number of aliphatic hydroxyl groups is 1. The molecule has 1 aromatic carbocycles. The highest BCUT2D eigenvalue weighted by Gasteiger charge is 2.42. The zero-order valence-corrected chi connectivity index (χ0v) is 16.1. The molecule has 1 spiro atoms. The van der Waals surface area contributed by atoms with Crippen LogP contribution >= 0.6 is 0 Å². The van der Waals surface area contributed by atoms with Crippen molar-refractivity contribution < 1.29 is 9.90 Å². The molecule has 144 valence electrons. The van der Waals surface area contributed by atoms with Crippen molar-refractivity contribution >= 4 is 5.91 Å². The number of carbonyl (C=O) groups is 1. The topological polar surface area (TPSA) is 47.0 Å². The SMILES string of the molecule is CN(CCO)CC(=O)N1CC[C@]2(CCCN(CCc3ccccc3)C2)C1. The molecule has 0 radical (unpaired) electrons. The molecule has 1 amide bonds. The number of likely N-dealkylation sites (N-methyl/N-ethyl adjacent to an activating group) is 1. The van der Waals surface area contributed by atoms with E-state index >= 15 is 0 Å². The second-order valence-corrected chi connectivity index (χ2v) is 8.14. The molecule has 0 unspecified atom stereocenters. The van der Waals surface area contributed by atoms with Crippen molar-refractivity contribution in [2.45, 2.75) is 25.7 Å². The Hall–Kier alpha value is -1.43. The third-order valence-electron chi connectivity index (χ3n) is 5.98. The molecule has 2 heterocycles. The van der Waals surface area contributed by atoms with E-state index in [9.17, 15) is 4.79 Å². The monoisotopic (exact) mass is 359 g/mol. The van der Waals surface area contributed by atoms with E-state index in [1.807, 2.05) is 11.9 Å². The Morgan fingerprint density at radius 3 is 2.77 bits per heavy atom. The number of aliphatic hydroxyl groups excluding tert-OH is 1. The van der Waals surface area contributed by atoms with E-state index in [0.29, 0.717) is 18.5 Å². The smallest absolute Gasteiger partial charge is 0.236 e. The van der Waals surface area contributed by atoms with Crippen molar-refractivity contribution in [3.63, 3.8) is 0 Å². The number of amides is 1. The molecular weight excluding hydrogens is 326 g/mol. The Morgan fingerprint density at radius 1 is 1.19 bits per heavy atom. The van der Waals surface area contributed by atoms with Gasteiger partial charge in [0.1, 0.15) is 0 Å². The highest BCUT2D eigenvalue weighted by molar-refractivity contribution is 5.78. The zero-order valence-electron chi connectivity index (χ0n) is 16.1. The number of rotatable bonds is 7. The van der Waals surface area contributed by atoms with Crippen LogP contribution in [-0.2, 0) is 11.2 Å². The molecular formula is C21H33N3O2. The first-order chi connectivity index (χ1) is 12.6. The van der Waals surface area contributed by atoms with E-state index in [1.165, 1.54) is 24.9 Å². The van der Waals surface area contributed by atoms with Gasteiger partial charge in [-0.2, -0.15) is 0 Å². The predicted octanol–water partition coefficient (Wildman–Crippen LogP) is 1.47. The van der Waals surface area contributed by atoms with E-state index in [0.717, 1.165) is 39.0 Å². The molecule has 1 atom stereocenters. The van der Waals surface area contributed by atoms with E-state index in [4.69, 9.17) is 5.11 Å². The molecule has 0 aliphatic carbocycles. The second-order valence-electron chi connectivity index (χ2n) is 8.14. The maximum absolute atomic E-state index is 12.5. The van der Waals surface area contributed by atoms with Crippen LogP contribution in [0, 0.1) is 5.41 Å². The molecule has 0 bridgehead atoms. The first-order valence-electron chi connectivity index (χ1n) is 9.94. The van der Waals surface area contributed by atoms with Gasteiger partial charge >= 0.3 is 0 Å². The molecule has 2 fully saturated rings. The molecule has 0 saturated carbocycles. The number of hydrogen-bond donors (Lipinski definition) is 1. The Morgan fingerprint density at radius 2 is 2.00 bits per heavy atom. The average molecular weight is 360 g/mol. The summed E-state index contributed by atoms with van der Waals surface area (Å²) >= 11 is 0. The molecule has 5 heteroatoms. The first kappa shape index (κ1) is 19.3. The largest absolute Gasteiger partial charge is 0.395 e. The zero-order chi connectivity index (χ0) is 18.4. The molecule has 2 aliphatic rings. The maximum Gasteiger partial charge on any atom is 0.236 e. The first-order valence-corrected chi connectivity index (χ1v) is 9.94. The van der Waals surface area contributed by atoms with Gasteiger partial charge in [-0.05, 0) is 44.8 Å². The molecule has 1 N–H and O–H groups in total. The van der Waals surface area contributed by atoms with Crippen molar-refractivity contribution in [2.75, 3.05) is 59.5 Å². The lowest BCUT2D eigenvalue weighted by molar-refractivity contribution is -0.131. The number of likely N-dealkylation sites (tertiary alicyclic amines) is 2. The summed E-state index contributed by atoms with van der Waals surface area (Å²) in [5.41, 5.74) is 1.70. The quantitative estimate of drug-likeness (QED) is 0.801. The van der Waals surface area contributed by atoms with Gasteiger partial charge in [-0.25, -0.2) is 0 Å². The van der Waals surface area contributed by atoms with Gasteiger partial charge in [0.2, 0.25) is 5.91 Å². The molecule has 1 aromatic rings. The Balaban J connectivity index is 1.50. The maximum atomic E-state index is 12.5. The Labute approximate surface area is 157 Å². The van der Waals surface area contributed by atoms with Crippen molar-refractivity contribution in [2.24, 2.45) is 5.41 Å². The van der Waals surface area contributed by atoms with Gasteiger partial charge in [-0.1, -0.05) is 30.3 Å². The summed E-state index contributed by atoms with van der Waals surface area (Å²) < 4.78 is 0. The van der Waals surface area contributed by atoms with Crippen LogP contribution in [-0.4, -0.2) is 85.2 Å². The molecule has 26 heavy (non-hydrogen) atoms. The van der Waals surface area contributed by atoms with Gasteiger partial charge in [0.05, 0.1) is 13.2 Å². The second kappa shape index (κ2) is 8.98. The minimum absolute atomic E-state index is 0.101. The van der Waals surface area contributed by atoms with Crippen LogP contribution in [0.2, 0.25) is 0 Å². The van der Waals surface area contributed by atoms with Gasteiger partial charge < -0.3 is 14.9 Å². The predicted molar refractivity (Wildman–Crippen MR) is 104 cm³/mol. The van der Waals surface area contributed by atoms with Crippen LogP contribution in [0.15, 0.2) is 30.3 Å². The average Bonchev–Trinajstić information content (AvgIpc) is 3.04. The summed E-state index contributed by atoms with van der Waals surface area (Å²) in [5.74, 6) is 0.208. The van der Waals surface area contributed by atoms with Gasteiger partial charge in [0, 0.05) is 38.1 Å². The van der Waals surface area contributed by atoms with Gasteiger partial charge in [0.25, 0.3) is 0 Å². The fraction of sp³-hybridized carbons (Fsp3) is 0.667. The molecule has 3 rings (SSSR count). The summed E-state index contributed by atoms with van der Waals surface area (Å²) in [6.45, 7) is 6.27. The normalized spacial score (nSPS) is 23.9. The van der Waals surface area contributed by atoms with Crippen molar-refractivity contribution in [1.29, 1.82) is 0 Å². The summed E-state index contributed by atoms with van der Waals surface area (Å²) in [7, 11) is 1.89. The fourth-order valence-corrected chi connectivity index (χ4v) is 4.49. The van der Waals surface area contributed by atoms with Gasteiger partial charge in [-0.3, -0.25) is 9.69 Å². The minimum atomic E-state index is 0.101. The number of carbonyl (C=O) groups excluding carboxylic acids is 1. The Kier molecular flexibility index (Phi) is 6.68. The molecule has 0 aromatic heterocycles. The third-order valence-corrected chi connectivity index (χ3v) is 5.98. The van der Waals surface area contributed by atoms with E-state index in [-0.39, 0.29) is 12.5 Å². The number of hydrogen-bond acceptors (Lipinski definition) is 4. The van der Waals surface area contributed by atoms with Crippen LogP contribution < -0.4 is 0 Å².